The fourth-order valence-corrected chi connectivity index (χ4v) is 3.53. The molecule has 0 saturated heterocycles. The van der Waals surface area contributed by atoms with Crippen molar-refractivity contribution in [2.24, 2.45) is 0 Å². The minimum absolute atomic E-state index is 0.151. The quantitative estimate of drug-likeness (QED) is 0.868. The van der Waals surface area contributed by atoms with Gasteiger partial charge in [-0.3, -0.25) is 4.79 Å². The predicted octanol–water partition coefficient (Wildman–Crippen LogP) is 3.88. The van der Waals surface area contributed by atoms with Gasteiger partial charge < -0.3 is 10.2 Å². The van der Waals surface area contributed by atoms with E-state index in [-0.39, 0.29) is 5.91 Å². The standard InChI is InChI=1S/C20H26N4O/c1-2-24(18-9-4-3-5-10-18)20(25)17-8-6-7-16(13-17)14-22-19-11-12-21-15-23-19/h6-8,11-13,15,18H,2-5,9-10,14H2,1H3,(H,21,22,23). The van der Waals surface area contributed by atoms with Gasteiger partial charge in [0.05, 0.1) is 0 Å². The van der Waals surface area contributed by atoms with Gasteiger partial charge in [-0.25, -0.2) is 9.97 Å². The molecule has 1 saturated carbocycles. The largest absolute Gasteiger partial charge is 0.366 e. The van der Waals surface area contributed by atoms with Crippen molar-refractivity contribution in [3.05, 3.63) is 54.0 Å². The van der Waals surface area contributed by atoms with E-state index in [2.05, 4.69) is 27.1 Å². The monoisotopic (exact) mass is 338 g/mol. The molecule has 1 N–H and O–H groups in total. The minimum atomic E-state index is 0.151. The summed E-state index contributed by atoms with van der Waals surface area (Å²) in [4.78, 5) is 23.1. The highest BCUT2D eigenvalue weighted by Gasteiger charge is 2.24. The maximum Gasteiger partial charge on any atom is 0.254 e. The number of nitrogens with one attached hydrogen (secondary N) is 1. The van der Waals surface area contributed by atoms with Crippen LogP contribution in [0.15, 0.2) is 42.9 Å². The third kappa shape index (κ3) is 4.56. The van der Waals surface area contributed by atoms with Crippen molar-refractivity contribution in [3.8, 4) is 0 Å². The van der Waals surface area contributed by atoms with Gasteiger partial charge in [0, 0.05) is 30.9 Å². The summed E-state index contributed by atoms with van der Waals surface area (Å²) in [5, 5.41) is 3.26. The van der Waals surface area contributed by atoms with E-state index < -0.39 is 0 Å². The number of aromatic nitrogens is 2. The molecule has 1 aromatic carbocycles. The third-order valence-corrected chi connectivity index (χ3v) is 4.85. The van der Waals surface area contributed by atoms with E-state index in [0.29, 0.717) is 12.6 Å². The van der Waals surface area contributed by atoms with Gasteiger partial charge in [-0.05, 0) is 43.5 Å². The Kier molecular flexibility index (Phi) is 5.99. The highest BCUT2D eigenvalue weighted by Crippen LogP contribution is 2.24. The van der Waals surface area contributed by atoms with Crippen LogP contribution < -0.4 is 5.32 Å². The molecule has 0 atom stereocenters. The molecular formula is C20H26N4O. The van der Waals surface area contributed by atoms with Gasteiger partial charge in [-0.15, -0.1) is 0 Å². The van der Waals surface area contributed by atoms with Crippen molar-refractivity contribution in [1.82, 2.24) is 14.9 Å². The average Bonchev–Trinajstić information content (AvgIpc) is 2.69. The number of anilines is 1. The van der Waals surface area contributed by atoms with Crippen LogP contribution in [0.2, 0.25) is 0 Å². The Labute approximate surface area is 149 Å². The van der Waals surface area contributed by atoms with Gasteiger partial charge in [0.25, 0.3) is 5.91 Å². The second kappa shape index (κ2) is 8.60. The van der Waals surface area contributed by atoms with E-state index in [9.17, 15) is 4.79 Å². The van der Waals surface area contributed by atoms with Crippen LogP contribution in [0.3, 0.4) is 0 Å². The molecule has 5 heteroatoms. The van der Waals surface area contributed by atoms with Crippen LogP contribution in [0, 0.1) is 0 Å². The zero-order valence-corrected chi connectivity index (χ0v) is 14.8. The van der Waals surface area contributed by atoms with Gasteiger partial charge in [0.1, 0.15) is 12.1 Å². The van der Waals surface area contributed by atoms with E-state index >= 15 is 0 Å². The van der Waals surface area contributed by atoms with Gasteiger partial charge in [0.2, 0.25) is 0 Å². The van der Waals surface area contributed by atoms with Crippen molar-refractivity contribution in [2.75, 3.05) is 11.9 Å². The first-order valence-corrected chi connectivity index (χ1v) is 9.17. The van der Waals surface area contributed by atoms with Crippen molar-refractivity contribution >= 4 is 11.7 Å². The molecule has 1 aliphatic carbocycles. The zero-order valence-electron chi connectivity index (χ0n) is 14.8. The number of benzene rings is 1. The summed E-state index contributed by atoms with van der Waals surface area (Å²) in [6, 6.07) is 10.1. The molecule has 5 nitrogen and oxygen atoms in total. The molecule has 132 valence electrons. The molecule has 2 aromatic rings. The lowest BCUT2D eigenvalue weighted by molar-refractivity contribution is 0.0648. The molecular weight excluding hydrogens is 312 g/mol. The van der Waals surface area contributed by atoms with Crippen LogP contribution in [0.5, 0.6) is 0 Å². The molecule has 1 heterocycles. The first kappa shape index (κ1) is 17.4. The van der Waals surface area contributed by atoms with E-state index in [1.54, 1.807) is 6.20 Å². The molecule has 0 unspecified atom stereocenters. The van der Waals surface area contributed by atoms with Crippen LogP contribution in [0.25, 0.3) is 0 Å². The van der Waals surface area contributed by atoms with Crippen molar-refractivity contribution in [1.29, 1.82) is 0 Å². The van der Waals surface area contributed by atoms with Crippen LogP contribution >= 0.6 is 0 Å². The Bertz CT molecular complexity index is 683. The minimum Gasteiger partial charge on any atom is -0.366 e. The summed E-state index contributed by atoms with van der Waals surface area (Å²) in [5.74, 6) is 0.933. The number of rotatable bonds is 6. The second-order valence-corrected chi connectivity index (χ2v) is 6.53. The predicted molar refractivity (Wildman–Crippen MR) is 99.4 cm³/mol. The molecule has 1 amide bonds. The highest BCUT2D eigenvalue weighted by molar-refractivity contribution is 5.94. The zero-order chi connectivity index (χ0) is 17.5. The maximum absolute atomic E-state index is 13.0. The SMILES string of the molecule is CCN(C(=O)c1cccc(CNc2ccncn2)c1)C1CCCCC1. The molecule has 1 fully saturated rings. The van der Waals surface area contributed by atoms with Gasteiger partial charge in [0.15, 0.2) is 0 Å². The number of hydrogen-bond donors (Lipinski definition) is 1. The van der Waals surface area contributed by atoms with Gasteiger partial charge in [-0.1, -0.05) is 31.4 Å². The number of carbonyl (C=O) groups is 1. The number of nitrogens with zero attached hydrogens (tertiary/aromatic N) is 3. The average molecular weight is 338 g/mol. The molecule has 25 heavy (non-hydrogen) atoms. The number of carbonyl (C=O) groups excluding carboxylic acids is 1. The summed E-state index contributed by atoms with van der Waals surface area (Å²) >= 11 is 0. The maximum atomic E-state index is 13.0. The van der Waals surface area contributed by atoms with Gasteiger partial charge >= 0.3 is 0 Å². The molecule has 0 aliphatic heterocycles. The molecule has 1 aliphatic rings. The molecule has 0 bridgehead atoms. The lowest BCUT2D eigenvalue weighted by atomic mass is 9.93. The summed E-state index contributed by atoms with van der Waals surface area (Å²) in [6.07, 6.45) is 9.26. The van der Waals surface area contributed by atoms with Crippen molar-refractivity contribution < 1.29 is 4.79 Å². The van der Waals surface area contributed by atoms with E-state index in [0.717, 1.165) is 36.3 Å². The Morgan fingerprint density at radius 3 is 2.80 bits per heavy atom. The lowest BCUT2D eigenvalue weighted by Gasteiger charge is -2.33. The molecule has 1 aromatic heterocycles. The van der Waals surface area contributed by atoms with Crippen LogP contribution in [0.4, 0.5) is 5.82 Å². The summed E-state index contributed by atoms with van der Waals surface area (Å²) in [5.41, 5.74) is 1.85. The second-order valence-electron chi connectivity index (χ2n) is 6.53. The Hall–Kier alpha value is -2.43. The molecule has 0 radical (unpaired) electrons. The van der Waals surface area contributed by atoms with Crippen LogP contribution in [-0.2, 0) is 6.54 Å². The van der Waals surface area contributed by atoms with Crippen molar-refractivity contribution in [3.63, 3.8) is 0 Å². The summed E-state index contributed by atoms with van der Waals surface area (Å²) < 4.78 is 0. The first-order chi connectivity index (χ1) is 12.3. The fourth-order valence-electron chi connectivity index (χ4n) is 3.53. The molecule has 3 rings (SSSR count). The summed E-state index contributed by atoms with van der Waals surface area (Å²) in [6.45, 7) is 3.48. The number of hydrogen-bond acceptors (Lipinski definition) is 4. The molecule has 0 spiro atoms. The Balaban J connectivity index is 1.67. The van der Waals surface area contributed by atoms with Crippen molar-refractivity contribution in [2.45, 2.75) is 51.6 Å². The van der Waals surface area contributed by atoms with Crippen LogP contribution in [0.1, 0.15) is 54.9 Å². The summed E-state index contributed by atoms with van der Waals surface area (Å²) in [7, 11) is 0. The van der Waals surface area contributed by atoms with E-state index in [4.69, 9.17) is 0 Å². The Morgan fingerprint density at radius 2 is 2.08 bits per heavy atom. The Morgan fingerprint density at radius 1 is 1.24 bits per heavy atom. The first-order valence-electron chi connectivity index (χ1n) is 9.17. The van der Waals surface area contributed by atoms with E-state index in [1.165, 1.54) is 25.6 Å². The van der Waals surface area contributed by atoms with E-state index in [1.807, 2.05) is 30.3 Å². The fraction of sp³-hybridized carbons (Fsp3) is 0.450. The smallest absolute Gasteiger partial charge is 0.254 e. The van der Waals surface area contributed by atoms with Gasteiger partial charge in [-0.2, -0.15) is 0 Å². The normalized spacial score (nSPS) is 14.9. The highest BCUT2D eigenvalue weighted by atomic mass is 16.2. The number of amides is 1. The topological polar surface area (TPSA) is 58.1 Å². The van der Waals surface area contributed by atoms with Crippen LogP contribution in [-0.4, -0.2) is 33.4 Å². The lowest BCUT2D eigenvalue weighted by Crippen LogP contribution is -2.41. The third-order valence-electron chi connectivity index (χ3n) is 4.85.